The molecule has 0 aliphatic carbocycles. The number of ketones is 1. The first kappa shape index (κ1) is 12.9. The summed E-state index contributed by atoms with van der Waals surface area (Å²) in [6.45, 7) is 3.39. The van der Waals surface area contributed by atoms with E-state index in [-0.39, 0.29) is 11.5 Å². The van der Waals surface area contributed by atoms with Crippen molar-refractivity contribution in [1.82, 2.24) is 4.98 Å². The van der Waals surface area contributed by atoms with Gasteiger partial charge in [0.15, 0.2) is 11.5 Å². The predicted octanol–water partition coefficient (Wildman–Crippen LogP) is 3.17. The summed E-state index contributed by atoms with van der Waals surface area (Å²) in [5, 5.41) is 2.64. The summed E-state index contributed by atoms with van der Waals surface area (Å²) >= 11 is 2.77. The van der Waals surface area contributed by atoms with E-state index in [0.717, 1.165) is 10.4 Å². The van der Waals surface area contributed by atoms with E-state index < -0.39 is 5.97 Å². The molecule has 4 nitrogen and oxygen atoms in total. The fourth-order valence-electron chi connectivity index (χ4n) is 1.48. The zero-order valence-corrected chi connectivity index (χ0v) is 11.8. The van der Waals surface area contributed by atoms with E-state index in [1.165, 1.54) is 25.4 Å². The fourth-order valence-corrected chi connectivity index (χ4v) is 3.51. The number of Topliss-reactive ketones (excluding diaryl/α,β-unsaturated/α-hetero) is 1. The van der Waals surface area contributed by atoms with Gasteiger partial charge >= 0.3 is 5.97 Å². The first-order valence-corrected chi connectivity index (χ1v) is 6.88. The highest BCUT2D eigenvalue weighted by Gasteiger charge is 2.23. The van der Waals surface area contributed by atoms with Crippen molar-refractivity contribution in [1.29, 1.82) is 0 Å². The van der Waals surface area contributed by atoms with Crippen LogP contribution in [0.2, 0.25) is 0 Å². The van der Waals surface area contributed by atoms with Crippen LogP contribution in [0.1, 0.15) is 32.6 Å². The highest BCUT2D eigenvalue weighted by atomic mass is 32.1. The molecule has 6 heteroatoms. The number of aryl methyl sites for hydroxylation is 1. The van der Waals surface area contributed by atoms with Crippen molar-refractivity contribution in [2.75, 3.05) is 7.11 Å². The molecule has 0 fully saturated rings. The largest absolute Gasteiger partial charge is 0.464 e. The summed E-state index contributed by atoms with van der Waals surface area (Å²) in [5.41, 5.74) is 1.19. The van der Waals surface area contributed by atoms with Crippen LogP contribution in [0.5, 0.6) is 0 Å². The van der Waals surface area contributed by atoms with E-state index >= 15 is 0 Å². The van der Waals surface area contributed by atoms with Gasteiger partial charge in [0, 0.05) is 6.92 Å². The SMILES string of the molecule is COC(=O)c1nc(-c2sccc2C)sc1C(C)=O. The average Bonchev–Trinajstić information content (AvgIpc) is 2.93. The number of thiazole rings is 1. The smallest absolute Gasteiger partial charge is 0.358 e. The number of aromatic nitrogens is 1. The third-order valence-electron chi connectivity index (χ3n) is 2.38. The van der Waals surface area contributed by atoms with Crippen LogP contribution in [-0.4, -0.2) is 23.8 Å². The molecule has 18 heavy (non-hydrogen) atoms. The normalized spacial score (nSPS) is 10.4. The number of ether oxygens (including phenoxy) is 1. The molecule has 2 aromatic rings. The Balaban J connectivity index is 2.56. The zero-order chi connectivity index (χ0) is 13.3. The molecule has 0 saturated carbocycles. The van der Waals surface area contributed by atoms with Crippen molar-refractivity contribution in [3.63, 3.8) is 0 Å². The Morgan fingerprint density at radius 2 is 2.11 bits per heavy atom. The molecule has 0 saturated heterocycles. The lowest BCUT2D eigenvalue weighted by molar-refractivity contribution is 0.0591. The van der Waals surface area contributed by atoms with Gasteiger partial charge in [-0.15, -0.1) is 22.7 Å². The second kappa shape index (κ2) is 4.99. The molecular weight excluding hydrogens is 270 g/mol. The minimum atomic E-state index is -0.572. The number of carbonyl (C=O) groups excluding carboxylic acids is 2. The highest BCUT2D eigenvalue weighted by Crippen LogP contribution is 2.34. The van der Waals surface area contributed by atoms with Gasteiger partial charge in [0.2, 0.25) is 0 Å². The van der Waals surface area contributed by atoms with E-state index in [4.69, 9.17) is 0 Å². The third-order valence-corrected chi connectivity index (χ3v) is 4.71. The van der Waals surface area contributed by atoms with E-state index in [1.807, 2.05) is 18.4 Å². The molecule has 0 spiro atoms. The second-order valence-electron chi connectivity index (χ2n) is 3.68. The molecule has 2 heterocycles. The number of carbonyl (C=O) groups is 2. The van der Waals surface area contributed by atoms with Crippen LogP contribution >= 0.6 is 22.7 Å². The van der Waals surface area contributed by atoms with Gasteiger partial charge in [0.05, 0.1) is 12.0 Å². The van der Waals surface area contributed by atoms with Crippen molar-refractivity contribution in [3.8, 4) is 9.88 Å². The van der Waals surface area contributed by atoms with Crippen molar-refractivity contribution in [3.05, 3.63) is 27.6 Å². The van der Waals surface area contributed by atoms with Gasteiger partial charge in [-0.1, -0.05) is 0 Å². The Morgan fingerprint density at radius 1 is 1.39 bits per heavy atom. The van der Waals surface area contributed by atoms with E-state index in [2.05, 4.69) is 9.72 Å². The summed E-state index contributed by atoms with van der Waals surface area (Å²) in [7, 11) is 1.28. The number of esters is 1. The van der Waals surface area contributed by atoms with Gasteiger partial charge in [-0.05, 0) is 23.9 Å². The summed E-state index contributed by atoms with van der Waals surface area (Å²) in [4.78, 5) is 28.7. The quantitative estimate of drug-likeness (QED) is 0.640. The Morgan fingerprint density at radius 3 is 2.61 bits per heavy atom. The van der Waals surface area contributed by atoms with Gasteiger partial charge in [0.25, 0.3) is 0 Å². The van der Waals surface area contributed by atoms with Gasteiger partial charge in [-0.2, -0.15) is 0 Å². The minimum Gasteiger partial charge on any atom is -0.464 e. The molecule has 0 aliphatic heterocycles. The Labute approximate surface area is 112 Å². The number of nitrogens with zero attached hydrogens (tertiary/aromatic N) is 1. The third kappa shape index (κ3) is 2.21. The van der Waals surface area contributed by atoms with Crippen molar-refractivity contribution >= 4 is 34.4 Å². The number of hydrogen-bond acceptors (Lipinski definition) is 6. The minimum absolute atomic E-state index is 0.109. The van der Waals surface area contributed by atoms with Gasteiger partial charge in [-0.3, -0.25) is 4.79 Å². The number of thiophene rings is 1. The van der Waals surface area contributed by atoms with Gasteiger partial charge in [0.1, 0.15) is 9.88 Å². The van der Waals surface area contributed by atoms with Crippen LogP contribution in [0.4, 0.5) is 0 Å². The molecule has 0 bridgehead atoms. The Bertz CT molecular complexity index is 613. The predicted molar refractivity (Wildman–Crippen MR) is 71.5 cm³/mol. The van der Waals surface area contributed by atoms with E-state index in [1.54, 1.807) is 11.3 Å². The zero-order valence-electron chi connectivity index (χ0n) is 10.1. The highest BCUT2D eigenvalue weighted by molar-refractivity contribution is 7.22. The molecule has 0 atom stereocenters. The van der Waals surface area contributed by atoms with E-state index in [9.17, 15) is 9.59 Å². The molecule has 0 amide bonds. The molecule has 0 aliphatic rings. The van der Waals surface area contributed by atoms with Crippen LogP contribution in [-0.2, 0) is 4.74 Å². The Hall–Kier alpha value is -1.53. The van der Waals surface area contributed by atoms with Crippen molar-refractivity contribution in [2.45, 2.75) is 13.8 Å². The molecular formula is C12H11NO3S2. The van der Waals surface area contributed by atoms with Crippen molar-refractivity contribution < 1.29 is 14.3 Å². The number of rotatable bonds is 3. The van der Waals surface area contributed by atoms with Gasteiger partial charge < -0.3 is 4.74 Å². The van der Waals surface area contributed by atoms with Crippen LogP contribution < -0.4 is 0 Å². The lowest BCUT2D eigenvalue weighted by atomic mass is 10.3. The number of hydrogen-bond donors (Lipinski definition) is 0. The number of methoxy groups -OCH3 is 1. The van der Waals surface area contributed by atoms with E-state index in [0.29, 0.717) is 9.88 Å². The fraction of sp³-hybridized carbons (Fsp3) is 0.250. The van der Waals surface area contributed by atoms with Crippen LogP contribution in [0.3, 0.4) is 0 Å². The molecule has 0 aromatic carbocycles. The summed E-state index contributed by atoms with van der Waals surface area (Å²) in [6.07, 6.45) is 0. The molecule has 0 unspecified atom stereocenters. The first-order valence-electron chi connectivity index (χ1n) is 5.19. The summed E-state index contributed by atoms with van der Waals surface area (Å²) < 4.78 is 4.64. The summed E-state index contributed by atoms with van der Waals surface area (Å²) in [6, 6.07) is 1.98. The average molecular weight is 281 g/mol. The standard InChI is InChI=1S/C12H11NO3S2/c1-6-4-5-17-9(6)11-13-8(12(15)16-3)10(18-11)7(2)14/h4-5H,1-3H3. The lowest BCUT2D eigenvalue weighted by Gasteiger charge is -1.95. The van der Waals surface area contributed by atoms with Crippen LogP contribution in [0.15, 0.2) is 11.4 Å². The molecule has 0 radical (unpaired) electrons. The molecule has 94 valence electrons. The van der Waals surface area contributed by atoms with Crippen LogP contribution in [0.25, 0.3) is 9.88 Å². The monoisotopic (exact) mass is 281 g/mol. The maximum Gasteiger partial charge on any atom is 0.358 e. The Kier molecular flexibility index (Phi) is 3.58. The molecule has 2 rings (SSSR count). The van der Waals surface area contributed by atoms with Gasteiger partial charge in [-0.25, -0.2) is 9.78 Å². The van der Waals surface area contributed by atoms with Crippen molar-refractivity contribution in [2.24, 2.45) is 0 Å². The summed E-state index contributed by atoms with van der Waals surface area (Å²) in [5.74, 6) is -0.745. The lowest BCUT2D eigenvalue weighted by Crippen LogP contribution is -2.06. The first-order chi connectivity index (χ1) is 8.54. The maximum absolute atomic E-state index is 11.6. The molecule has 2 aromatic heterocycles. The molecule has 0 N–H and O–H groups in total. The van der Waals surface area contributed by atoms with Crippen LogP contribution in [0, 0.1) is 6.92 Å². The maximum atomic E-state index is 11.6. The second-order valence-corrected chi connectivity index (χ2v) is 5.59. The topological polar surface area (TPSA) is 56.3 Å².